The third kappa shape index (κ3) is 2.72. The zero-order chi connectivity index (χ0) is 12.7. The summed E-state index contributed by atoms with van der Waals surface area (Å²) >= 11 is 2.68. The summed E-state index contributed by atoms with van der Waals surface area (Å²) < 4.78 is 25.9. The highest BCUT2D eigenvalue weighted by molar-refractivity contribution is 8.00. The zero-order valence-electron chi connectivity index (χ0n) is 9.58. The van der Waals surface area contributed by atoms with Crippen molar-refractivity contribution in [2.75, 3.05) is 24.6 Å². The maximum atomic E-state index is 12.3. The Morgan fingerprint density at radius 2 is 2.12 bits per heavy atom. The van der Waals surface area contributed by atoms with Gasteiger partial charge >= 0.3 is 0 Å². The lowest BCUT2D eigenvalue weighted by atomic mass is 10.2. The Labute approximate surface area is 109 Å². The molecule has 2 rings (SSSR count). The van der Waals surface area contributed by atoms with E-state index in [0.29, 0.717) is 13.1 Å². The lowest BCUT2D eigenvalue weighted by Gasteiger charge is -2.35. The van der Waals surface area contributed by atoms with Gasteiger partial charge in [-0.05, 0) is 13.8 Å². The summed E-state index contributed by atoms with van der Waals surface area (Å²) in [4.78, 5) is 0. The van der Waals surface area contributed by atoms with Crippen LogP contribution in [-0.2, 0) is 10.0 Å². The van der Waals surface area contributed by atoms with Crippen LogP contribution < -0.4 is 5.73 Å². The van der Waals surface area contributed by atoms with E-state index in [1.165, 1.54) is 4.31 Å². The number of nitrogen functional groups attached to an aromatic ring is 1. The lowest BCUT2D eigenvalue weighted by Crippen LogP contribution is -2.46. The molecule has 0 radical (unpaired) electrons. The quantitative estimate of drug-likeness (QED) is 0.861. The molecule has 2 heterocycles. The van der Waals surface area contributed by atoms with Crippen molar-refractivity contribution in [2.24, 2.45) is 0 Å². The number of rotatable bonds is 2. The number of thioether (sulfide) groups is 1. The molecule has 0 saturated carbocycles. The van der Waals surface area contributed by atoms with Gasteiger partial charge in [0, 0.05) is 23.6 Å². The highest BCUT2D eigenvalue weighted by atomic mass is 32.2. The van der Waals surface area contributed by atoms with Gasteiger partial charge in [-0.2, -0.15) is 16.1 Å². The molecule has 0 amide bonds. The van der Waals surface area contributed by atoms with E-state index in [2.05, 4.69) is 10.2 Å². The van der Waals surface area contributed by atoms with Gasteiger partial charge in [0.05, 0.1) is 0 Å². The van der Waals surface area contributed by atoms with Gasteiger partial charge in [0.15, 0.2) is 0 Å². The molecule has 1 fully saturated rings. The van der Waals surface area contributed by atoms with Crippen molar-refractivity contribution in [3.8, 4) is 0 Å². The third-order valence-corrected chi connectivity index (χ3v) is 6.61. The number of nitrogens with two attached hydrogens (primary N) is 1. The first-order valence-corrected chi connectivity index (χ1v) is 8.29. The summed E-state index contributed by atoms with van der Waals surface area (Å²) in [5.41, 5.74) is 5.42. The first-order valence-electron chi connectivity index (χ1n) is 5.04. The molecule has 0 bridgehead atoms. The predicted molar refractivity (Wildman–Crippen MR) is 69.6 cm³/mol. The fourth-order valence-corrected chi connectivity index (χ4v) is 5.45. The largest absolute Gasteiger partial charge is 0.374 e. The van der Waals surface area contributed by atoms with E-state index in [1.807, 2.05) is 13.8 Å². The molecule has 0 unspecified atom stereocenters. The Bertz CT molecular complexity index is 511. The second-order valence-corrected chi connectivity index (χ2v) is 9.28. The number of anilines is 1. The van der Waals surface area contributed by atoms with E-state index in [-0.39, 0.29) is 14.2 Å². The molecule has 17 heavy (non-hydrogen) atoms. The fraction of sp³-hybridized carbons (Fsp3) is 0.750. The molecule has 0 atom stereocenters. The molecule has 2 N–H and O–H groups in total. The lowest BCUT2D eigenvalue weighted by molar-refractivity contribution is 0.387. The van der Waals surface area contributed by atoms with Gasteiger partial charge in [0.2, 0.25) is 9.47 Å². The monoisotopic (exact) mass is 294 g/mol. The Kier molecular flexibility index (Phi) is 3.36. The van der Waals surface area contributed by atoms with E-state index in [9.17, 15) is 8.42 Å². The Balaban J connectivity index is 2.27. The van der Waals surface area contributed by atoms with Gasteiger partial charge in [0.1, 0.15) is 0 Å². The topological polar surface area (TPSA) is 89.2 Å². The molecule has 9 heteroatoms. The third-order valence-electron chi connectivity index (χ3n) is 2.37. The average Bonchev–Trinajstić information content (AvgIpc) is 2.64. The highest BCUT2D eigenvalue weighted by Gasteiger charge is 2.36. The SMILES string of the molecule is CC1(C)CN(S(=O)(=O)c2nnc(N)s2)CCS1. The molecule has 0 aromatic carbocycles. The number of hydrogen-bond donors (Lipinski definition) is 1. The normalized spacial score (nSPS) is 21.5. The van der Waals surface area contributed by atoms with Crippen molar-refractivity contribution < 1.29 is 8.42 Å². The Morgan fingerprint density at radius 3 is 2.65 bits per heavy atom. The molecule has 0 spiro atoms. The van der Waals surface area contributed by atoms with Gasteiger partial charge in [0.25, 0.3) is 10.0 Å². The van der Waals surface area contributed by atoms with Crippen molar-refractivity contribution >= 4 is 38.3 Å². The maximum Gasteiger partial charge on any atom is 0.272 e. The highest BCUT2D eigenvalue weighted by Crippen LogP contribution is 2.33. The van der Waals surface area contributed by atoms with E-state index in [0.717, 1.165) is 17.1 Å². The van der Waals surface area contributed by atoms with Crippen LogP contribution in [0.4, 0.5) is 5.13 Å². The second-order valence-electron chi connectivity index (χ2n) is 4.35. The van der Waals surface area contributed by atoms with Crippen LogP contribution >= 0.6 is 23.1 Å². The molecule has 1 aliphatic heterocycles. The summed E-state index contributed by atoms with van der Waals surface area (Å²) in [5, 5.41) is 7.34. The van der Waals surface area contributed by atoms with Crippen molar-refractivity contribution in [1.82, 2.24) is 14.5 Å². The first kappa shape index (κ1) is 13.1. The molecular formula is C8H14N4O2S3. The van der Waals surface area contributed by atoms with Crippen LogP contribution in [0.1, 0.15) is 13.8 Å². The minimum Gasteiger partial charge on any atom is -0.374 e. The number of nitrogens with zero attached hydrogens (tertiary/aromatic N) is 3. The van der Waals surface area contributed by atoms with E-state index >= 15 is 0 Å². The van der Waals surface area contributed by atoms with Crippen LogP contribution in [-0.4, -0.2) is 46.5 Å². The summed E-state index contributed by atoms with van der Waals surface area (Å²) in [6.45, 7) is 5.07. The second kappa shape index (κ2) is 4.38. The molecule has 1 aromatic heterocycles. The van der Waals surface area contributed by atoms with Crippen LogP contribution in [0.15, 0.2) is 4.34 Å². The molecule has 6 nitrogen and oxygen atoms in total. The van der Waals surface area contributed by atoms with Crippen molar-refractivity contribution in [3.05, 3.63) is 0 Å². The number of hydrogen-bond acceptors (Lipinski definition) is 7. The molecule has 96 valence electrons. The van der Waals surface area contributed by atoms with Crippen LogP contribution in [0, 0.1) is 0 Å². The zero-order valence-corrected chi connectivity index (χ0v) is 12.0. The molecule has 1 aromatic rings. The Hall–Kier alpha value is -0.380. The van der Waals surface area contributed by atoms with Crippen molar-refractivity contribution in [3.63, 3.8) is 0 Å². The average molecular weight is 294 g/mol. The fourth-order valence-electron chi connectivity index (χ4n) is 1.61. The molecule has 1 saturated heterocycles. The minimum atomic E-state index is -3.53. The summed E-state index contributed by atoms with van der Waals surface area (Å²) in [5.74, 6) is 0.792. The van der Waals surface area contributed by atoms with E-state index in [4.69, 9.17) is 5.73 Å². The van der Waals surface area contributed by atoms with Gasteiger partial charge in [-0.15, -0.1) is 10.2 Å². The molecule has 1 aliphatic rings. The van der Waals surface area contributed by atoms with Crippen molar-refractivity contribution in [1.29, 1.82) is 0 Å². The maximum absolute atomic E-state index is 12.3. The minimum absolute atomic E-state index is 0.0160. The Morgan fingerprint density at radius 1 is 1.41 bits per heavy atom. The van der Waals surface area contributed by atoms with Gasteiger partial charge in [-0.1, -0.05) is 11.3 Å². The molecule has 0 aliphatic carbocycles. The van der Waals surface area contributed by atoms with Gasteiger partial charge in [-0.25, -0.2) is 8.42 Å². The standard InChI is InChI=1S/C8H14N4O2S3/c1-8(2)5-12(3-4-15-8)17(13,14)7-11-10-6(9)16-7/h3-5H2,1-2H3,(H2,9,10). The van der Waals surface area contributed by atoms with E-state index < -0.39 is 10.0 Å². The summed E-state index contributed by atoms with van der Waals surface area (Å²) in [6, 6.07) is 0. The van der Waals surface area contributed by atoms with Crippen LogP contribution in [0.25, 0.3) is 0 Å². The van der Waals surface area contributed by atoms with E-state index in [1.54, 1.807) is 11.8 Å². The number of sulfonamides is 1. The summed E-state index contributed by atoms with van der Waals surface area (Å²) in [7, 11) is -3.53. The smallest absolute Gasteiger partial charge is 0.272 e. The van der Waals surface area contributed by atoms with Crippen LogP contribution in [0.5, 0.6) is 0 Å². The van der Waals surface area contributed by atoms with Crippen LogP contribution in [0.3, 0.4) is 0 Å². The van der Waals surface area contributed by atoms with Gasteiger partial charge < -0.3 is 5.73 Å². The summed E-state index contributed by atoms with van der Waals surface area (Å²) in [6.07, 6.45) is 0. The van der Waals surface area contributed by atoms with Crippen molar-refractivity contribution in [2.45, 2.75) is 22.9 Å². The van der Waals surface area contributed by atoms with Crippen LogP contribution in [0.2, 0.25) is 0 Å². The molecular weight excluding hydrogens is 280 g/mol. The predicted octanol–water partition coefficient (Wildman–Crippen LogP) is 0.636. The number of aromatic nitrogens is 2. The first-order chi connectivity index (χ1) is 7.81. The van der Waals surface area contributed by atoms with Gasteiger partial charge in [-0.3, -0.25) is 0 Å².